The normalized spacial score (nSPS) is 10.3. The van der Waals surface area contributed by atoms with Crippen molar-refractivity contribution in [1.82, 2.24) is 0 Å². The number of anilines is 1. The average Bonchev–Trinajstić information content (AvgIpc) is 2.41. The number of carbonyl (C=O) groups is 1. The van der Waals surface area contributed by atoms with E-state index in [1.807, 2.05) is 25.1 Å². The van der Waals surface area contributed by atoms with Gasteiger partial charge in [-0.05, 0) is 52.7 Å². The molecule has 0 radical (unpaired) electrons. The van der Waals surface area contributed by atoms with Gasteiger partial charge < -0.3 is 10.4 Å². The average molecular weight is 338 g/mol. The van der Waals surface area contributed by atoms with Crippen molar-refractivity contribution in [2.45, 2.75) is 13.5 Å². The van der Waals surface area contributed by atoms with E-state index in [1.165, 1.54) is 18.2 Å². The largest absolute Gasteiger partial charge is 0.478 e. The van der Waals surface area contributed by atoms with Crippen LogP contribution in [0.15, 0.2) is 40.9 Å². The Hall–Kier alpha value is -1.88. The molecule has 20 heavy (non-hydrogen) atoms. The fraction of sp³-hybridized carbons (Fsp3) is 0.133. The maximum atomic E-state index is 13.7. The van der Waals surface area contributed by atoms with E-state index < -0.39 is 11.8 Å². The summed E-state index contributed by atoms with van der Waals surface area (Å²) < 4.78 is 14.6. The zero-order valence-corrected chi connectivity index (χ0v) is 12.4. The number of hydrogen-bond acceptors (Lipinski definition) is 2. The van der Waals surface area contributed by atoms with Crippen LogP contribution in [0.2, 0.25) is 0 Å². The van der Waals surface area contributed by atoms with Crippen molar-refractivity contribution in [2.24, 2.45) is 0 Å². The Kier molecular flexibility index (Phi) is 4.39. The summed E-state index contributed by atoms with van der Waals surface area (Å²) in [5, 5.41) is 12.0. The van der Waals surface area contributed by atoms with Crippen LogP contribution in [0.1, 0.15) is 21.5 Å². The molecule has 0 aromatic heterocycles. The predicted molar refractivity (Wildman–Crippen MR) is 79.6 cm³/mol. The number of nitrogens with one attached hydrogen (secondary N) is 1. The monoisotopic (exact) mass is 337 g/mol. The molecule has 0 aliphatic carbocycles. The molecule has 5 heteroatoms. The second-order valence-corrected chi connectivity index (χ2v) is 5.19. The lowest BCUT2D eigenvalue weighted by atomic mass is 10.1. The first-order valence-corrected chi connectivity index (χ1v) is 6.79. The van der Waals surface area contributed by atoms with Gasteiger partial charge in [-0.15, -0.1) is 0 Å². The molecule has 2 aromatic rings. The molecule has 0 aliphatic heterocycles. The molecule has 2 N–H and O–H groups in total. The van der Waals surface area contributed by atoms with Gasteiger partial charge in [0.25, 0.3) is 0 Å². The number of aromatic carboxylic acids is 1. The van der Waals surface area contributed by atoms with Crippen molar-refractivity contribution in [3.63, 3.8) is 0 Å². The highest BCUT2D eigenvalue weighted by Gasteiger charge is 2.09. The van der Waals surface area contributed by atoms with Gasteiger partial charge in [0.2, 0.25) is 0 Å². The van der Waals surface area contributed by atoms with E-state index in [2.05, 4.69) is 21.2 Å². The zero-order valence-electron chi connectivity index (χ0n) is 10.8. The Morgan fingerprint density at radius 2 is 2.10 bits per heavy atom. The van der Waals surface area contributed by atoms with Gasteiger partial charge in [0.15, 0.2) is 0 Å². The van der Waals surface area contributed by atoms with Crippen molar-refractivity contribution in [3.8, 4) is 0 Å². The molecule has 0 saturated carbocycles. The van der Waals surface area contributed by atoms with Gasteiger partial charge >= 0.3 is 5.97 Å². The summed E-state index contributed by atoms with van der Waals surface area (Å²) >= 11 is 3.46. The second-order valence-electron chi connectivity index (χ2n) is 4.40. The van der Waals surface area contributed by atoms with Gasteiger partial charge in [-0.25, -0.2) is 9.18 Å². The SMILES string of the molecule is Cc1cccc(NCc2cc(C(=O)O)ccc2F)c1Br. The highest BCUT2D eigenvalue weighted by atomic mass is 79.9. The summed E-state index contributed by atoms with van der Waals surface area (Å²) in [6.45, 7) is 2.18. The Morgan fingerprint density at radius 1 is 1.35 bits per heavy atom. The highest BCUT2D eigenvalue weighted by molar-refractivity contribution is 9.10. The number of aryl methyl sites for hydroxylation is 1. The van der Waals surface area contributed by atoms with Crippen molar-refractivity contribution >= 4 is 27.6 Å². The molecule has 0 spiro atoms. The lowest BCUT2D eigenvalue weighted by Gasteiger charge is -2.11. The molecular weight excluding hydrogens is 325 g/mol. The summed E-state index contributed by atoms with van der Waals surface area (Å²) in [6, 6.07) is 9.49. The topological polar surface area (TPSA) is 49.3 Å². The molecule has 0 heterocycles. The maximum Gasteiger partial charge on any atom is 0.335 e. The van der Waals surface area contributed by atoms with Gasteiger partial charge in [0, 0.05) is 22.3 Å². The van der Waals surface area contributed by atoms with Crippen LogP contribution in [-0.2, 0) is 6.54 Å². The highest BCUT2D eigenvalue weighted by Crippen LogP contribution is 2.26. The number of rotatable bonds is 4. The first-order chi connectivity index (χ1) is 9.49. The second kappa shape index (κ2) is 6.05. The minimum Gasteiger partial charge on any atom is -0.478 e. The first-order valence-electron chi connectivity index (χ1n) is 5.99. The summed E-state index contributed by atoms with van der Waals surface area (Å²) in [7, 11) is 0. The van der Waals surface area contributed by atoms with Crippen LogP contribution in [0, 0.1) is 12.7 Å². The number of benzene rings is 2. The van der Waals surface area contributed by atoms with Crippen LogP contribution in [0.25, 0.3) is 0 Å². The summed E-state index contributed by atoms with van der Waals surface area (Å²) in [5.41, 5.74) is 2.30. The number of carboxylic acid groups (broad SMARTS) is 1. The Morgan fingerprint density at radius 3 is 2.80 bits per heavy atom. The van der Waals surface area contributed by atoms with Crippen LogP contribution >= 0.6 is 15.9 Å². The van der Waals surface area contributed by atoms with Crippen LogP contribution in [0.3, 0.4) is 0 Å². The van der Waals surface area contributed by atoms with E-state index >= 15 is 0 Å². The molecule has 0 saturated heterocycles. The minimum absolute atomic E-state index is 0.0755. The van der Waals surface area contributed by atoms with E-state index in [9.17, 15) is 9.18 Å². The third-order valence-corrected chi connectivity index (χ3v) is 4.01. The standard InChI is InChI=1S/C15H13BrFNO2/c1-9-3-2-4-13(14(9)16)18-8-11-7-10(15(19)20)5-6-12(11)17/h2-7,18H,8H2,1H3,(H,19,20). The lowest BCUT2D eigenvalue weighted by molar-refractivity contribution is 0.0696. The van der Waals surface area contributed by atoms with Gasteiger partial charge in [-0.1, -0.05) is 12.1 Å². The Balaban J connectivity index is 2.20. The van der Waals surface area contributed by atoms with Crippen molar-refractivity contribution in [2.75, 3.05) is 5.32 Å². The molecule has 2 rings (SSSR count). The molecule has 3 nitrogen and oxygen atoms in total. The number of hydrogen-bond donors (Lipinski definition) is 2. The van der Waals surface area contributed by atoms with Gasteiger partial charge in [-0.3, -0.25) is 0 Å². The van der Waals surface area contributed by atoms with Gasteiger partial charge in [0.05, 0.1) is 5.56 Å². The Labute approximate surface area is 124 Å². The first kappa shape index (κ1) is 14.5. The number of carboxylic acids is 1. The minimum atomic E-state index is -1.07. The third-order valence-electron chi connectivity index (χ3n) is 2.95. The summed E-state index contributed by atoms with van der Waals surface area (Å²) in [5.74, 6) is -1.49. The van der Waals surface area contributed by atoms with Crippen molar-refractivity contribution < 1.29 is 14.3 Å². The van der Waals surface area contributed by atoms with Crippen LogP contribution in [0.4, 0.5) is 10.1 Å². The van der Waals surface area contributed by atoms with Gasteiger partial charge in [0.1, 0.15) is 5.82 Å². The molecular formula is C15H13BrFNO2. The molecule has 0 amide bonds. The predicted octanol–water partition coefficient (Wildman–Crippen LogP) is 4.21. The van der Waals surface area contributed by atoms with E-state index in [-0.39, 0.29) is 12.1 Å². The van der Waals surface area contributed by atoms with E-state index in [0.717, 1.165) is 15.7 Å². The van der Waals surface area contributed by atoms with Crippen molar-refractivity contribution in [3.05, 3.63) is 63.4 Å². The van der Waals surface area contributed by atoms with Crippen molar-refractivity contribution in [1.29, 1.82) is 0 Å². The molecule has 0 bridgehead atoms. The fourth-order valence-electron chi connectivity index (χ4n) is 1.82. The fourth-order valence-corrected chi connectivity index (χ4v) is 2.22. The van der Waals surface area contributed by atoms with Crippen LogP contribution < -0.4 is 5.32 Å². The third kappa shape index (κ3) is 3.17. The van der Waals surface area contributed by atoms with Crippen LogP contribution in [0.5, 0.6) is 0 Å². The number of halogens is 2. The van der Waals surface area contributed by atoms with E-state index in [0.29, 0.717) is 5.56 Å². The molecule has 0 unspecified atom stereocenters. The van der Waals surface area contributed by atoms with E-state index in [1.54, 1.807) is 0 Å². The zero-order chi connectivity index (χ0) is 14.7. The maximum absolute atomic E-state index is 13.7. The van der Waals surface area contributed by atoms with E-state index in [4.69, 9.17) is 5.11 Å². The quantitative estimate of drug-likeness (QED) is 0.878. The van der Waals surface area contributed by atoms with Crippen LogP contribution in [-0.4, -0.2) is 11.1 Å². The summed E-state index contributed by atoms with van der Waals surface area (Å²) in [6.07, 6.45) is 0. The summed E-state index contributed by atoms with van der Waals surface area (Å²) in [4.78, 5) is 10.9. The molecule has 0 atom stereocenters. The smallest absolute Gasteiger partial charge is 0.335 e. The lowest BCUT2D eigenvalue weighted by Crippen LogP contribution is -2.05. The molecule has 0 aliphatic rings. The molecule has 2 aromatic carbocycles. The molecule has 0 fully saturated rings. The Bertz CT molecular complexity index is 658. The molecule has 104 valence electrons. The van der Waals surface area contributed by atoms with Gasteiger partial charge in [-0.2, -0.15) is 0 Å².